The molecule has 0 spiro atoms. The zero-order chi connectivity index (χ0) is 12.4. The second-order valence-corrected chi connectivity index (χ2v) is 4.63. The minimum absolute atomic E-state index is 0.474. The highest BCUT2D eigenvalue weighted by Gasteiger charge is 2.09. The molecule has 90 valence electrons. The molecule has 0 fully saturated rings. The smallest absolute Gasteiger partial charge is 0.0952 e. The van der Waals surface area contributed by atoms with Gasteiger partial charge >= 0.3 is 0 Å². The van der Waals surface area contributed by atoms with Crippen molar-refractivity contribution in [3.05, 3.63) is 41.9 Å². The van der Waals surface area contributed by atoms with Gasteiger partial charge in [-0.15, -0.1) is 0 Å². The maximum Gasteiger partial charge on any atom is 0.0952 e. The average molecular weight is 229 g/mol. The van der Waals surface area contributed by atoms with Crippen molar-refractivity contribution in [2.75, 3.05) is 0 Å². The van der Waals surface area contributed by atoms with Crippen LogP contribution in [0, 0.1) is 0 Å². The highest BCUT2D eigenvalue weighted by atomic mass is 15.0. The van der Waals surface area contributed by atoms with Crippen LogP contribution in [0.2, 0.25) is 0 Å². The summed E-state index contributed by atoms with van der Waals surface area (Å²) in [4.78, 5) is 4.31. The van der Waals surface area contributed by atoms with Crippen molar-refractivity contribution in [1.29, 1.82) is 0 Å². The van der Waals surface area contributed by atoms with Gasteiger partial charge in [-0.25, -0.2) is 4.98 Å². The molecule has 1 heterocycles. The highest BCUT2D eigenvalue weighted by Crippen LogP contribution is 2.24. The molecule has 3 nitrogen and oxygen atoms in total. The molecule has 0 radical (unpaired) electrons. The summed E-state index contributed by atoms with van der Waals surface area (Å²) in [7, 11) is 2.00. The Morgan fingerprint density at radius 1 is 1.24 bits per heavy atom. The number of imidazole rings is 1. The lowest BCUT2D eigenvalue weighted by Gasteiger charge is -2.08. The average Bonchev–Trinajstić information content (AvgIpc) is 2.70. The van der Waals surface area contributed by atoms with Crippen molar-refractivity contribution in [1.82, 2.24) is 9.55 Å². The van der Waals surface area contributed by atoms with Gasteiger partial charge in [0, 0.05) is 19.2 Å². The number of nitrogens with two attached hydrogens (primary N) is 1. The monoisotopic (exact) mass is 229 g/mol. The third kappa shape index (κ3) is 2.24. The minimum atomic E-state index is 0.474. The largest absolute Gasteiger partial charge is 0.333 e. The van der Waals surface area contributed by atoms with E-state index in [1.54, 1.807) is 0 Å². The zero-order valence-electron chi connectivity index (χ0n) is 10.6. The highest BCUT2D eigenvalue weighted by molar-refractivity contribution is 5.62. The van der Waals surface area contributed by atoms with Gasteiger partial charge in [0.25, 0.3) is 0 Å². The summed E-state index contributed by atoms with van der Waals surface area (Å²) in [6.07, 6.45) is 1.81. The van der Waals surface area contributed by atoms with Gasteiger partial charge in [0.05, 0.1) is 17.7 Å². The first kappa shape index (κ1) is 11.9. The summed E-state index contributed by atoms with van der Waals surface area (Å²) in [5.41, 5.74) is 10.3. The van der Waals surface area contributed by atoms with Crippen LogP contribution in [0.25, 0.3) is 11.3 Å². The lowest BCUT2D eigenvalue weighted by molar-refractivity contribution is 0.866. The minimum Gasteiger partial charge on any atom is -0.333 e. The van der Waals surface area contributed by atoms with Crippen LogP contribution < -0.4 is 5.73 Å². The molecule has 1 aromatic carbocycles. The van der Waals surface area contributed by atoms with Gasteiger partial charge in [0.1, 0.15) is 0 Å². The maximum atomic E-state index is 5.70. The zero-order valence-corrected chi connectivity index (χ0v) is 10.6. The van der Waals surface area contributed by atoms with Crippen LogP contribution in [-0.2, 0) is 13.6 Å². The van der Waals surface area contributed by atoms with Gasteiger partial charge in [0.15, 0.2) is 0 Å². The van der Waals surface area contributed by atoms with E-state index in [-0.39, 0.29) is 0 Å². The Morgan fingerprint density at radius 3 is 2.41 bits per heavy atom. The number of aromatic nitrogens is 2. The van der Waals surface area contributed by atoms with E-state index in [9.17, 15) is 0 Å². The second-order valence-electron chi connectivity index (χ2n) is 4.63. The fraction of sp³-hybridized carbons (Fsp3) is 0.357. The molecule has 1 aromatic heterocycles. The number of nitrogens with zero attached hydrogens (tertiary/aromatic N) is 2. The molecule has 17 heavy (non-hydrogen) atoms. The quantitative estimate of drug-likeness (QED) is 0.879. The first-order chi connectivity index (χ1) is 8.13. The molecule has 0 saturated heterocycles. The van der Waals surface area contributed by atoms with Gasteiger partial charge in [-0.1, -0.05) is 38.1 Å². The van der Waals surface area contributed by atoms with Gasteiger partial charge in [-0.2, -0.15) is 0 Å². The maximum absolute atomic E-state index is 5.70. The van der Waals surface area contributed by atoms with E-state index in [2.05, 4.69) is 43.1 Å². The first-order valence-electron chi connectivity index (χ1n) is 5.94. The normalized spacial score (nSPS) is 11.1. The van der Waals surface area contributed by atoms with Gasteiger partial charge in [0.2, 0.25) is 0 Å². The third-order valence-corrected chi connectivity index (χ3v) is 3.06. The van der Waals surface area contributed by atoms with E-state index < -0.39 is 0 Å². The van der Waals surface area contributed by atoms with Crippen LogP contribution in [-0.4, -0.2) is 9.55 Å². The molecule has 2 N–H and O–H groups in total. The Bertz CT molecular complexity index is 495. The predicted octanol–water partition coefficient (Wildman–Crippen LogP) is 2.67. The molecule has 0 aliphatic rings. The Balaban J connectivity index is 2.42. The molecular weight excluding hydrogens is 210 g/mol. The predicted molar refractivity (Wildman–Crippen MR) is 70.6 cm³/mol. The molecule has 2 aromatic rings. The summed E-state index contributed by atoms with van der Waals surface area (Å²) in [6, 6.07) is 8.64. The Morgan fingerprint density at radius 2 is 1.88 bits per heavy atom. The standard InChI is InChI=1S/C14H19N3/c1-10(2)11-4-6-12(7-5-11)14-13(8-15)16-9-17(14)3/h4-7,9-10H,8,15H2,1-3H3. The molecule has 3 heteroatoms. The van der Waals surface area contributed by atoms with Crippen molar-refractivity contribution in [2.45, 2.75) is 26.3 Å². The molecular formula is C14H19N3. The van der Waals surface area contributed by atoms with Crippen LogP contribution in [0.15, 0.2) is 30.6 Å². The molecule has 2 rings (SSSR count). The number of benzene rings is 1. The molecule has 0 amide bonds. The number of hydrogen-bond donors (Lipinski definition) is 1. The van der Waals surface area contributed by atoms with Crippen LogP contribution in [0.4, 0.5) is 0 Å². The van der Waals surface area contributed by atoms with Crippen LogP contribution in [0.5, 0.6) is 0 Å². The lowest BCUT2D eigenvalue weighted by Crippen LogP contribution is -2.00. The van der Waals surface area contributed by atoms with E-state index in [1.807, 2.05) is 17.9 Å². The number of rotatable bonds is 3. The fourth-order valence-electron chi connectivity index (χ4n) is 2.02. The van der Waals surface area contributed by atoms with E-state index in [0.717, 1.165) is 11.4 Å². The fourth-order valence-corrected chi connectivity index (χ4v) is 2.02. The summed E-state index contributed by atoms with van der Waals surface area (Å²) in [5.74, 6) is 0.560. The molecule has 0 saturated carbocycles. The van der Waals surface area contributed by atoms with Crippen molar-refractivity contribution < 1.29 is 0 Å². The van der Waals surface area contributed by atoms with E-state index >= 15 is 0 Å². The van der Waals surface area contributed by atoms with Crippen molar-refractivity contribution in [2.24, 2.45) is 12.8 Å². The van der Waals surface area contributed by atoms with Gasteiger partial charge < -0.3 is 10.3 Å². The van der Waals surface area contributed by atoms with Crippen molar-refractivity contribution in [3.8, 4) is 11.3 Å². The van der Waals surface area contributed by atoms with Crippen molar-refractivity contribution in [3.63, 3.8) is 0 Å². The summed E-state index contributed by atoms with van der Waals surface area (Å²) in [6.45, 7) is 4.87. The Hall–Kier alpha value is -1.61. The van der Waals surface area contributed by atoms with E-state index in [1.165, 1.54) is 11.1 Å². The Kier molecular flexibility index (Phi) is 3.29. The summed E-state index contributed by atoms with van der Waals surface area (Å²) >= 11 is 0. The topological polar surface area (TPSA) is 43.8 Å². The molecule has 0 bridgehead atoms. The number of hydrogen-bond acceptors (Lipinski definition) is 2. The van der Waals surface area contributed by atoms with E-state index in [0.29, 0.717) is 12.5 Å². The van der Waals surface area contributed by atoms with Crippen molar-refractivity contribution >= 4 is 0 Å². The SMILES string of the molecule is CC(C)c1ccc(-c2c(CN)ncn2C)cc1. The number of aryl methyl sites for hydroxylation is 1. The van der Waals surface area contributed by atoms with Gasteiger partial charge in [-0.05, 0) is 11.5 Å². The molecule has 0 unspecified atom stereocenters. The second kappa shape index (κ2) is 4.72. The molecule has 0 aliphatic carbocycles. The molecule has 0 aliphatic heterocycles. The lowest BCUT2D eigenvalue weighted by atomic mass is 10.0. The Labute approximate surface area is 102 Å². The van der Waals surface area contributed by atoms with Gasteiger partial charge in [-0.3, -0.25) is 0 Å². The summed E-state index contributed by atoms with van der Waals surface area (Å²) in [5, 5.41) is 0. The van der Waals surface area contributed by atoms with Crippen LogP contribution >= 0.6 is 0 Å². The summed E-state index contributed by atoms with van der Waals surface area (Å²) < 4.78 is 2.02. The van der Waals surface area contributed by atoms with E-state index in [4.69, 9.17) is 5.73 Å². The van der Waals surface area contributed by atoms with Crippen LogP contribution in [0.3, 0.4) is 0 Å². The first-order valence-corrected chi connectivity index (χ1v) is 5.94. The molecule has 0 atom stereocenters. The third-order valence-electron chi connectivity index (χ3n) is 3.06. The van der Waals surface area contributed by atoms with Crippen LogP contribution in [0.1, 0.15) is 31.0 Å².